The summed E-state index contributed by atoms with van der Waals surface area (Å²) in [6, 6.07) is 0.0711. The number of nitrogens with one attached hydrogen (secondary N) is 4. The Labute approximate surface area is 254 Å². The number of carbonyl (C=O) groups is 2. The van der Waals surface area contributed by atoms with Crippen molar-refractivity contribution >= 4 is 48.0 Å². The van der Waals surface area contributed by atoms with Gasteiger partial charge in [0.2, 0.25) is 0 Å². The number of carboxylic acids is 2. The zero-order valence-electron chi connectivity index (χ0n) is 25.6. The topological polar surface area (TPSA) is 134 Å². The van der Waals surface area contributed by atoms with Crippen LogP contribution in [0, 0.1) is 20.8 Å². The molecule has 1 fully saturated rings. The van der Waals surface area contributed by atoms with Crippen LogP contribution < -0.4 is 26.7 Å². The minimum absolute atomic E-state index is 0.0218. The van der Waals surface area contributed by atoms with Gasteiger partial charge >= 0.3 is 11.9 Å². The van der Waals surface area contributed by atoms with E-state index in [1.165, 1.54) is 16.7 Å². The Balaban J connectivity index is 1.68. The summed E-state index contributed by atoms with van der Waals surface area (Å²) < 4.78 is -0.0273. The van der Waals surface area contributed by atoms with E-state index in [0.29, 0.717) is 18.1 Å². The predicted molar refractivity (Wildman–Crippen MR) is 172 cm³/mol. The molecule has 0 aliphatic carbocycles. The van der Waals surface area contributed by atoms with Gasteiger partial charge in [-0.25, -0.2) is 0 Å². The van der Waals surface area contributed by atoms with E-state index in [-0.39, 0.29) is 23.6 Å². The van der Waals surface area contributed by atoms with Crippen molar-refractivity contribution in [3.05, 3.63) is 77.4 Å². The molecule has 6 heterocycles. The lowest BCUT2D eigenvalue weighted by atomic mass is 9.92. The Bertz CT molecular complexity index is 1960. The molecule has 1 saturated heterocycles. The lowest BCUT2D eigenvalue weighted by Crippen LogP contribution is -2.36. The molecule has 0 amide bonds. The van der Waals surface area contributed by atoms with Gasteiger partial charge in [-0.2, -0.15) is 0 Å². The smallest absolute Gasteiger partial charge is 0.303 e. The molecule has 3 aliphatic heterocycles. The largest absolute Gasteiger partial charge is 0.481 e. The van der Waals surface area contributed by atoms with E-state index in [0.717, 1.165) is 67.2 Å². The fourth-order valence-electron chi connectivity index (χ4n) is 7.15. The van der Waals surface area contributed by atoms with Crippen LogP contribution in [0.3, 0.4) is 0 Å². The van der Waals surface area contributed by atoms with Gasteiger partial charge in [-0.3, -0.25) is 9.59 Å². The molecule has 0 radical (unpaired) electrons. The monoisotopic (exact) mass is 600 g/mol. The second-order valence-corrected chi connectivity index (χ2v) is 13.7. The highest BCUT2D eigenvalue weighted by atomic mass is 32.2. The number of aromatic amines is 3. The van der Waals surface area contributed by atoms with Crippen molar-refractivity contribution in [3.8, 4) is 0 Å². The minimum Gasteiger partial charge on any atom is -0.481 e. The summed E-state index contributed by atoms with van der Waals surface area (Å²) in [6.07, 6.45) is 10.4. The number of aromatic nitrogens is 3. The number of thioether (sulfide) groups is 1. The second-order valence-electron chi connectivity index (χ2n) is 12.1. The van der Waals surface area contributed by atoms with E-state index in [1.54, 1.807) is 0 Å². The first-order valence-electron chi connectivity index (χ1n) is 15.1. The molecule has 6 N–H and O–H groups in total. The standard InChI is InChI=1S/C34H40N4O4S/c1-7-21-16(2)24-12-25-17(3)22(8-10-32(39)40)29(36-25)14-30-23(9-11-33(41)42)18(4)26(37-30)15-31-34(20(6)43-34)19(5)27(38-31)13-28(21)35-24/h12-15,20,31,35-38H,7-11H2,1-6H3,(H,39,40)(H,41,42)/b24-12-,26-15-,28-13-,30-14-/t20-,31?,34-/m1/s1. The Morgan fingerprint density at radius 3 is 2.00 bits per heavy atom. The van der Waals surface area contributed by atoms with Gasteiger partial charge in [-0.1, -0.05) is 13.8 Å². The number of rotatable bonds is 7. The molecule has 9 heteroatoms. The van der Waals surface area contributed by atoms with Gasteiger partial charge in [0.15, 0.2) is 0 Å². The van der Waals surface area contributed by atoms with E-state index < -0.39 is 11.9 Å². The number of allylic oxidation sites excluding steroid dienone is 1. The van der Waals surface area contributed by atoms with Crippen LogP contribution in [0.25, 0.3) is 24.3 Å². The molecule has 3 aromatic heterocycles. The van der Waals surface area contributed by atoms with Gasteiger partial charge in [-0.05, 0) is 110 Å². The molecule has 8 nitrogen and oxygen atoms in total. The van der Waals surface area contributed by atoms with Crippen LogP contribution in [0.15, 0.2) is 11.3 Å². The summed E-state index contributed by atoms with van der Waals surface area (Å²) >= 11 is 1.98. The van der Waals surface area contributed by atoms with E-state index in [1.807, 2.05) is 24.8 Å². The van der Waals surface area contributed by atoms with Gasteiger partial charge in [0.25, 0.3) is 0 Å². The molecular formula is C34H40N4O4S. The summed E-state index contributed by atoms with van der Waals surface area (Å²) in [4.78, 5) is 34.1. The Morgan fingerprint density at radius 2 is 1.37 bits per heavy atom. The van der Waals surface area contributed by atoms with Crippen LogP contribution in [0.1, 0.15) is 78.4 Å². The summed E-state index contributed by atoms with van der Waals surface area (Å²) in [7, 11) is 0. The average molecular weight is 601 g/mol. The molecule has 8 bridgehead atoms. The van der Waals surface area contributed by atoms with Gasteiger partial charge in [-0.15, -0.1) is 11.8 Å². The molecule has 6 rings (SSSR count). The molecule has 3 aliphatic rings. The van der Waals surface area contributed by atoms with Crippen molar-refractivity contribution in [1.29, 1.82) is 0 Å². The van der Waals surface area contributed by atoms with Crippen molar-refractivity contribution in [2.75, 3.05) is 0 Å². The molecule has 3 atom stereocenters. The fourth-order valence-corrected chi connectivity index (χ4v) is 8.55. The van der Waals surface area contributed by atoms with Crippen LogP contribution in [0.2, 0.25) is 0 Å². The average Bonchev–Trinajstić information content (AvgIpc) is 3.09. The highest BCUT2D eigenvalue weighted by molar-refractivity contribution is 8.09. The van der Waals surface area contributed by atoms with Gasteiger partial charge in [0.05, 0.1) is 10.8 Å². The minimum atomic E-state index is -0.841. The predicted octanol–water partition coefficient (Wildman–Crippen LogP) is 2.55. The van der Waals surface area contributed by atoms with Crippen molar-refractivity contribution in [2.45, 2.75) is 89.7 Å². The van der Waals surface area contributed by atoms with Crippen molar-refractivity contribution in [1.82, 2.24) is 20.3 Å². The SMILES string of the molecule is CCc1c(C)/c2[nH]/c1=C\C1=C(C)[C@]3(S[C@@H]3C)C(/C=c3\[nH]/c(c(CCC(=O)O)c3C)=C\c3[nH]c(c(C)c3CCC(=O)O)\C=2)N1. The van der Waals surface area contributed by atoms with Crippen LogP contribution in [-0.2, 0) is 28.9 Å². The van der Waals surface area contributed by atoms with Gasteiger partial charge < -0.3 is 30.5 Å². The lowest BCUT2D eigenvalue weighted by Gasteiger charge is -2.16. The fraction of sp³-hybridized carbons (Fsp3) is 0.412. The first kappa shape index (κ1) is 29.2. The summed E-state index contributed by atoms with van der Waals surface area (Å²) in [5.41, 5.74) is 10.7. The molecule has 1 spiro atoms. The van der Waals surface area contributed by atoms with E-state index in [4.69, 9.17) is 0 Å². The van der Waals surface area contributed by atoms with Crippen molar-refractivity contribution in [2.24, 2.45) is 0 Å². The highest BCUT2D eigenvalue weighted by Gasteiger charge is 2.62. The molecule has 226 valence electrons. The molecule has 1 unspecified atom stereocenters. The van der Waals surface area contributed by atoms with Crippen LogP contribution in [0.4, 0.5) is 0 Å². The number of hydrogen-bond acceptors (Lipinski definition) is 4. The summed E-state index contributed by atoms with van der Waals surface area (Å²) in [5, 5.41) is 27.3. The maximum absolute atomic E-state index is 11.6. The third-order valence-electron chi connectivity index (χ3n) is 9.77. The molecule has 0 saturated carbocycles. The van der Waals surface area contributed by atoms with Crippen LogP contribution >= 0.6 is 11.8 Å². The summed E-state index contributed by atoms with van der Waals surface area (Å²) in [6.45, 7) is 13.0. The van der Waals surface area contributed by atoms with Crippen molar-refractivity contribution in [3.63, 3.8) is 0 Å². The summed E-state index contributed by atoms with van der Waals surface area (Å²) in [5.74, 6) is -1.68. The number of carboxylic acid groups (broad SMARTS) is 2. The molecule has 0 aromatic carbocycles. The van der Waals surface area contributed by atoms with Crippen molar-refractivity contribution < 1.29 is 19.8 Å². The third kappa shape index (κ3) is 4.87. The Morgan fingerprint density at radius 1 is 0.791 bits per heavy atom. The number of aliphatic carboxylic acids is 2. The first-order chi connectivity index (χ1) is 20.4. The quantitative estimate of drug-likeness (QED) is 0.231. The first-order valence-corrected chi connectivity index (χ1v) is 15.9. The van der Waals surface area contributed by atoms with Gasteiger partial charge in [0, 0.05) is 56.6 Å². The Hall–Kier alpha value is -3.85. The van der Waals surface area contributed by atoms with E-state index >= 15 is 0 Å². The number of H-pyrrole nitrogens is 3. The lowest BCUT2D eigenvalue weighted by molar-refractivity contribution is -0.138. The molecular weight excluding hydrogens is 560 g/mol. The van der Waals surface area contributed by atoms with Crippen LogP contribution in [-0.4, -0.2) is 53.1 Å². The number of fused-ring (bicyclic) bond motifs is 9. The second kappa shape index (κ2) is 10.7. The zero-order chi connectivity index (χ0) is 30.8. The number of hydrogen-bond donors (Lipinski definition) is 6. The van der Waals surface area contributed by atoms with Crippen LogP contribution in [0.5, 0.6) is 0 Å². The normalized spacial score (nSPS) is 25.2. The molecule has 43 heavy (non-hydrogen) atoms. The highest BCUT2D eigenvalue weighted by Crippen LogP contribution is 2.63. The third-order valence-corrected chi connectivity index (χ3v) is 11.5. The Kier molecular flexibility index (Phi) is 7.27. The maximum atomic E-state index is 11.6. The van der Waals surface area contributed by atoms with Gasteiger partial charge in [0.1, 0.15) is 0 Å². The zero-order valence-corrected chi connectivity index (χ0v) is 26.4. The van der Waals surface area contributed by atoms with E-state index in [2.05, 4.69) is 73.1 Å². The van der Waals surface area contributed by atoms with E-state index in [9.17, 15) is 19.8 Å². The molecule has 3 aromatic rings. The maximum Gasteiger partial charge on any atom is 0.303 e.